The highest BCUT2D eigenvalue weighted by molar-refractivity contribution is 5.82. The van der Waals surface area contributed by atoms with Crippen LogP contribution in [0.25, 0.3) is 0 Å². The van der Waals surface area contributed by atoms with E-state index in [-0.39, 0.29) is 17.9 Å². The van der Waals surface area contributed by atoms with Gasteiger partial charge in [-0.25, -0.2) is 0 Å². The van der Waals surface area contributed by atoms with Crippen LogP contribution in [0.3, 0.4) is 0 Å². The zero-order valence-corrected chi connectivity index (χ0v) is 11.8. The first kappa shape index (κ1) is 13.4. The normalized spacial score (nSPS) is 28.0. The van der Waals surface area contributed by atoms with Gasteiger partial charge in [0, 0.05) is 25.9 Å². The Balaban J connectivity index is 1.60. The Bertz CT molecular complexity index is 477. The second kappa shape index (κ2) is 5.44. The van der Waals surface area contributed by atoms with Crippen LogP contribution >= 0.6 is 0 Å². The minimum atomic E-state index is -0.407. The summed E-state index contributed by atoms with van der Waals surface area (Å²) in [4.78, 5) is 14.1. The van der Waals surface area contributed by atoms with Crippen molar-refractivity contribution in [2.75, 3.05) is 13.6 Å². The molecule has 0 spiro atoms. The molecule has 1 aliphatic heterocycles. The predicted molar refractivity (Wildman–Crippen MR) is 75.5 cm³/mol. The summed E-state index contributed by atoms with van der Waals surface area (Å²) in [5, 5.41) is 9.86. The molecule has 1 saturated carbocycles. The second-order valence-electron chi connectivity index (χ2n) is 5.90. The highest BCUT2D eigenvalue weighted by atomic mass is 16.5. The van der Waals surface area contributed by atoms with Crippen LogP contribution in [0.1, 0.15) is 24.8 Å². The molecule has 1 aromatic rings. The maximum Gasteiger partial charge on any atom is 0.263 e. The van der Waals surface area contributed by atoms with Gasteiger partial charge in [0.15, 0.2) is 6.10 Å². The fraction of sp³-hybridized carbons (Fsp3) is 0.562. The number of carbonyl (C=O) groups is 1. The SMILES string of the molecule is CN(CC1CCCC1O)C(=O)C1Cc2ccccc2O1. The Hall–Kier alpha value is -1.55. The lowest BCUT2D eigenvalue weighted by Crippen LogP contribution is -2.42. The lowest BCUT2D eigenvalue weighted by Gasteiger charge is -2.25. The third-order valence-electron chi connectivity index (χ3n) is 4.43. The van der Waals surface area contributed by atoms with E-state index in [2.05, 4.69) is 0 Å². The Labute approximate surface area is 119 Å². The van der Waals surface area contributed by atoms with Crippen LogP contribution in [-0.4, -0.2) is 41.7 Å². The number of hydrogen-bond acceptors (Lipinski definition) is 3. The standard InChI is InChI=1S/C16H21NO3/c1-17(10-12-6-4-7-13(12)18)16(19)15-9-11-5-2-3-8-14(11)20-15/h2-3,5,8,12-13,15,18H,4,6-7,9-10H2,1H3. The number of fused-ring (bicyclic) bond motifs is 1. The number of ether oxygens (including phenoxy) is 1. The molecule has 1 fully saturated rings. The van der Waals surface area contributed by atoms with E-state index in [0.717, 1.165) is 30.6 Å². The van der Waals surface area contributed by atoms with Crippen LogP contribution in [0.2, 0.25) is 0 Å². The summed E-state index contributed by atoms with van der Waals surface area (Å²) in [6, 6.07) is 7.80. The molecular formula is C16H21NO3. The number of amides is 1. The molecule has 108 valence electrons. The predicted octanol–water partition coefficient (Wildman–Crippen LogP) is 1.61. The van der Waals surface area contributed by atoms with Crippen molar-refractivity contribution < 1.29 is 14.6 Å². The lowest BCUT2D eigenvalue weighted by molar-refractivity contribution is -0.137. The van der Waals surface area contributed by atoms with Crippen molar-refractivity contribution in [2.24, 2.45) is 5.92 Å². The number of rotatable bonds is 3. The fourth-order valence-corrected chi connectivity index (χ4v) is 3.24. The van der Waals surface area contributed by atoms with Gasteiger partial charge in [-0.2, -0.15) is 0 Å². The number of aliphatic hydroxyl groups excluding tert-OH is 1. The molecule has 1 N–H and O–H groups in total. The number of carbonyl (C=O) groups excluding carboxylic acids is 1. The number of likely N-dealkylation sites (N-methyl/N-ethyl adjacent to an activating group) is 1. The molecule has 4 nitrogen and oxygen atoms in total. The summed E-state index contributed by atoms with van der Waals surface area (Å²) in [5.41, 5.74) is 1.10. The van der Waals surface area contributed by atoms with Gasteiger partial charge in [-0.3, -0.25) is 4.79 Å². The summed E-state index contributed by atoms with van der Waals surface area (Å²) in [6.07, 6.45) is 2.90. The van der Waals surface area contributed by atoms with Crippen molar-refractivity contribution in [1.82, 2.24) is 4.90 Å². The van der Waals surface area contributed by atoms with E-state index >= 15 is 0 Å². The first-order valence-corrected chi connectivity index (χ1v) is 7.33. The number of hydrogen-bond donors (Lipinski definition) is 1. The molecule has 1 aliphatic carbocycles. The first-order valence-electron chi connectivity index (χ1n) is 7.33. The minimum Gasteiger partial charge on any atom is -0.480 e. The van der Waals surface area contributed by atoms with Gasteiger partial charge >= 0.3 is 0 Å². The Morgan fingerprint density at radius 3 is 2.90 bits per heavy atom. The summed E-state index contributed by atoms with van der Waals surface area (Å²) in [6.45, 7) is 0.621. The van der Waals surface area contributed by atoms with Crippen LogP contribution in [0.4, 0.5) is 0 Å². The Morgan fingerprint density at radius 1 is 1.40 bits per heavy atom. The van der Waals surface area contributed by atoms with Gasteiger partial charge in [0.1, 0.15) is 5.75 Å². The quantitative estimate of drug-likeness (QED) is 0.911. The molecule has 0 radical (unpaired) electrons. The Kier molecular flexibility index (Phi) is 3.66. The topological polar surface area (TPSA) is 49.8 Å². The number of nitrogens with zero attached hydrogens (tertiary/aromatic N) is 1. The molecule has 20 heavy (non-hydrogen) atoms. The van der Waals surface area contributed by atoms with E-state index in [1.54, 1.807) is 11.9 Å². The van der Waals surface area contributed by atoms with Gasteiger partial charge in [0.2, 0.25) is 0 Å². The van der Waals surface area contributed by atoms with Crippen LogP contribution in [0, 0.1) is 5.92 Å². The third-order valence-corrected chi connectivity index (χ3v) is 4.43. The van der Waals surface area contributed by atoms with Crippen LogP contribution in [0.5, 0.6) is 5.75 Å². The molecule has 0 saturated heterocycles. The zero-order chi connectivity index (χ0) is 14.1. The van der Waals surface area contributed by atoms with Crippen molar-refractivity contribution in [2.45, 2.75) is 37.9 Å². The second-order valence-corrected chi connectivity index (χ2v) is 5.90. The fourth-order valence-electron chi connectivity index (χ4n) is 3.24. The van der Waals surface area contributed by atoms with E-state index in [4.69, 9.17) is 4.74 Å². The first-order chi connectivity index (χ1) is 9.65. The maximum absolute atomic E-state index is 12.4. The highest BCUT2D eigenvalue weighted by Crippen LogP contribution is 2.30. The summed E-state index contributed by atoms with van der Waals surface area (Å²) >= 11 is 0. The van der Waals surface area contributed by atoms with Crippen molar-refractivity contribution in [3.05, 3.63) is 29.8 Å². The van der Waals surface area contributed by atoms with E-state index in [0.29, 0.717) is 13.0 Å². The smallest absolute Gasteiger partial charge is 0.263 e. The third kappa shape index (κ3) is 2.52. The molecule has 2 aliphatic rings. The minimum absolute atomic E-state index is 0.0142. The van der Waals surface area contributed by atoms with Crippen molar-refractivity contribution >= 4 is 5.91 Å². The molecule has 0 aromatic heterocycles. The van der Waals surface area contributed by atoms with E-state index in [1.165, 1.54) is 0 Å². The molecule has 1 aromatic carbocycles. The van der Waals surface area contributed by atoms with Crippen LogP contribution in [0.15, 0.2) is 24.3 Å². The molecule has 3 rings (SSSR count). The molecule has 0 bridgehead atoms. The molecular weight excluding hydrogens is 254 g/mol. The summed E-state index contributed by atoms with van der Waals surface area (Å²) < 4.78 is 5.73. The van der Waals surface area contributed by atoms with Gasteiger partial charge in [-0.15, -0.1) is 0 Å². The summed E-state index contributed by atoms with van der Waals surface area (Å²) in [7, 11) is 1.81. The van der Waals surface area contributed by atoms with Gasteiger partial charge in [0.05, 0.1) is 6.10 Å². The molecule has 3 unspecified atom stereocenters. The summed E-state index contributed by atoms with van der Waals surface area (Å²) in [5.74, 6) is 1.05. The molecule has 4 heteroatoms. The van der Waals surface area contributed by atoms with Crippen LogP contribution in [-0.2, 0) is 11.2 Å². The van der Waals surface area contributed by atoms with Gasteiger partial charge in [-0.05, 0) is 24.5 Å². The van der Waals surface area contributed by atoms with Crippen molar-refractivity contribution in [1.29, 1.82) is 0 Å². The zero-order valence-electron chi connectivity index (χ0n) is 11.8. The monoisotopic (exact) mass is 275 g/mol. The van der Waals surface area contributed by atoms with Gasteiger partial charge in [0.25, 0.3) is 5.91 Å². The number of benzene rings is 1. The Morgan fingerprint density at radius 2 is 2.20 bits per heavy atom. The number of aliphatic hydroxyl groups is 1. The molecule has 3 atom stereocenters. The van der Waals surface area contributed by atoms with Gasteiger partial charge < -0.3 is 14.7 Å². The number of para-hydroxylation sites is 1. The lowest BCUT2D eigenvalue weighted by atomic mass is 10.0. The van der Waals surface area contributed by atoms with Crippen molar-refractivity contribution in [3.8, 4) is 5.75 Å². The molecule has 1 heterocycles. The average Bonchev–Trinajstić information content (AvgIpc) is 3.04. The van der Waals surface area contributed by atoms with E-state index in [9.17, 15) is 9.90 Å². The largest absolute Gasteiger partial charge is 0.480 e. The van der Waals surface area contributed by atoms with Gasteiger partial charge in [-0.1, -0.05) is 24.6 Å². The van der Waals surface area contributed by atoms with Crippen LogP contribution < -0.4 is 4.74 Å². The average molecular weight is 275 g/mol. The van der Waals surface area contributed by atoms with E-state index in [1.807, 2.05) is 24.3 Å². The molecule has 1 amide bonds. The maximum atomic E-state index is 12.4. The van der Waals surface area contributed by atoms with Crippen molar-refractivity contribution in [3.63, 3.8) is 0 Å². The van der Waals surface area contributed by atoms with E-state index < -0.39 is 6.10 Å². The highest BCUT2D eigenvalue weighted by Gasteiger charge is 2.33.